The second-order valence-corrected chi connectivity index (χ2v) is 5.61. The Morgan fingerprint density at radius 3 is 2.72 bits per heavy atom. The first-order chi connectivity index (χ1) is 8.44. The first-order valence-corrected chi connectivity index (χ1v) is 6.50. The highest BCUT2D eigenvalue weighted by Gasteiger charge is 2.16. The van der Waals surface area contributed by atoms with Crippen molar-refractivity contribution in [2.75, 3.05) is 5.75 Å². The minimum Gasteiger partial charge on any atom is -0.268 e. The molecule has 0 spiro atoms. The van der Waals surface area contributed by atoms with Crippen molar-refractivity contribution in [2.24, 2.45) is 0 Å². The van der Waals surface area contributed by atoms with Gasteiger partial charge in [-0.1, -0.05) is 12.1 Å². The molecule has 0 bridgehead atoms. The molecule has 4 nitrogen and oxygen atoms in total. The van der Waals surface area contributed by atoms with Crippen molar-refractivity contribution in [3.05, 3.63) is 29.8 Å². The number of benzene rings is 1. The second kappa shape index (κ2) is 6.43. The van der Waals surface area contributed by atoms with Gasteiger partial charge in [0.25, 0.3) is 5.91 Å². The number of carbonyl (C=O) groups is 1. The van der Waals surface area contributed by atoms with Crippen LogP contribution in [0.3, 0.4) is 0 Å². The van der Waals surface area contributed by atoms with Crippen LogP contribution in [-0.4, -0.2) is 17.3 Å². The SMILES string of the molecule is CC(C)(C)ONC(=O)c1ccccc1SCC#N. The molecular formula is C13H16N2O2S. The van der Waals surface area contributed by atoms with E-state index < -0.39 is 5.60 Å². The maximum atomic E-state index is 11.9. The summed E-state index contributed by atoms with van der Waals surface area (Å²) in [7, 11) is 0. The lowest BCUT2D eigenvalue weighted by Gasteiger charge is -2.19. The molecule has 0 unspecified atom stereocenters. The lowest BCUT2D eigenvalue weighted by molar-refractivity contribution is -0.0590. The van der Waals surface area contributed by atoms with Crippen LogP contribution in [0, 0.1) is 11.3 Å². The van der Waals surface area contributed by atoms with E-state index in [1.165, 1.54) is 11.8 Å². The number of hydrogen-bond donors (Lipinski definition) is 1. The highest BCUT2D eigenvalue weighted by Crippen LogP contribution is 2.22. The van der Waals surface area contributed by atoms with E-state index in [1.807, 2.05) is 39.0 Å². The molecule has 18 heavy (non-hydrogen) atoms. The maximum Gasteiger partial charge on any atom is 0.275 e. The number of amides is 1. The van der Waals surface area contributed by atoms with E-state index in [2.05, 4.69) is 5.48 Å². The fraction of sp³-hybridized carbons (Fsp3) is 0.385. The second-order valence-electron chi connectivity index (χ2n) is 4.59. The average Bonchev–Trinajstić information content (AvgIpc) is 2.33. The van der Waals surface area contributed by atoms with Crippen LogP contribution in [0.2, 0.25) is 0 Å². The van der Waals surface area contributed by atoms with Crippen molar-refractivity contribution in [3.63, 3.8) is 0 Å². The van der Waals surface area contributed by atoms with E-state index >= 15 is 0 Å². The molecule has 0 saturated heterocycles. The molecule has 1 aromatic rings. The topological polar surface area (TPSA) is 62.1 Å². The summed E-state index contributed by atoms with van der Waals surface area (Å²) in [5, 5.41) is 8.57. The summed E-state index contributed by atoms with van der Waals surface area (Å²) in [5.74, 6) is 0.00991. The average molecular weight is 264 g/mol. The van der Waals surface area contributed by atoms with Crippen LogP contribution in [0.5, 0.6) is 0 Å². The number of nitrogens with zero attached hydrogens (tertiary/aromatic N) is 1. The van der Waals surface area contributed by atoms with Crippen LogP contribution in [0.15, 0.2) is 29.2 Å². The Labute approximate surface area is 111 Å². The first kappa shape index (κ1) is 14.6. The standard InChI is InChI=1S/C13H16N2O2S/c1-13(2,3)17-15-12(16)10-6-4-5-7-11(10)18-9-8-14/h4-7H,9H2,1-3H3,(H,15,16). The van der Waals surface area contributed by atoms with Crippen LogP contribution in [0.1, 0.15) is 31.1 Å². The Kier molecular flexibility index (Phi) is 5.20. The van der Waals surface area contributed by atoms with E-state index in [1.54, 1.807) is 12.1 Å². The quantitative estimate of drug-likeness (QED) is 0.671. The van der Waals surface area contributed by atoms with Crippen molar-refractivity contribution in [3.8, 4) is 6.07 Å². The van der Waals surface area contributed by atoms with Crippen LogP contribution in [-0.2, 0) is 4.84 Å². The van der Waals surface area contributed by atoms with Crippen molar-refractivity contribution in [1.82, 2.24) is 5.48 Å². The zero-order valence-electron chi connectivity index (χ0n) is 10.7. The molecule has 1 amide bonds. The Bertz CT molecular complexity index is 461. The molecule has 0 aromatic heterocycles. The predicted octanol–water partition coefficient (Wildman–Crippen LogP) is 2.76. The van der Waals surface area contributed by atoms with Gasteiger partial charge in [0.1, 0.15) is 0 Å². The van der Waals surface area contributed by atoms with Crippen LogP contribution < -0.4 is 5.48 Å². The normalized spacial score (nSPS) is 10.8. The van der Waals surface area contributed by atoms with Gasteiger partial charge in [0, 0.05) is 4.90 Å². The summed E-state index contributed by atoms with van der Waals surface area (Å²) in [6.07, 6.45) is 0. The van der Waals surface area contributed by atoms with Crippen LogP contribution >= 0.6 is 11.8 Å². The highest BCUT2D eigenvalue weighted by molar-refractivity contribution is 7.99. The summed E-state index contributed by atoms with van der Waals surface area (Å²) in [5.41, 5.74) is 2.50. The third kappa shape index (κ3) is 4.78. The molecule has 0 aliphatic rings. The van der Waals surface area contributed by atoms with E-state index in [0.717, 1.165) is 4.90 Å². The van der Waals surface area contributed by atoms with Crippen molar-refractivity contribution in [2.45, 2.75) is 31.3 Å². The number of nitriles is 1. The highest BCUT2D eigenvalue weighted by atomic mass is 32.2. The Balaban J connectivity index is 2.76. The maximum absolute atomic E-state index is 11.9. The van der Waals surface area contributed by atoms with Crippen molar-refractivity contribution in [1.29, 1.82) is 5.26 Å². The summed E-state index contributed by atoms with van der Waals surface area (Å²) in [6, 6.07) is 9.18. The molecule has 0 saturated carbocycles. The van der Waals surface area contributed by atoms with Gasteiger partial charge in [-0.2, -0.15) is 5.26 Å². The smallest absolute Gasteiger partial charge is 0.268 e. The molecule has 5 heteroatoms. The van der Waals surface area contributed by atoms with Gasteiger partial charge in [0.15, 0.2) is 0 Å². The van der Waals surface area contributed by atoms with Crippen molar-refractivity contribution >= 4 is 17.7 Å². The lowest BCUT2D eigenvalue weighted by atomic mass is 10.2. The fourth-order valence-corrected chi connectivity index (χ4v) is 1.86. The number of hydroxylamine groups is 1. The van der Waals surface area contributed by atoms with Crippen LogP contribution in [0.25, 0.3) is 0 Å². The minimum atomic E-state index is -0.440. The molecule has 0 radical (unpaired) electrons. The molecule has 0 heterocycles. The Morgan fingerprint density at radius 1 is 1.44 bits per heavy atom. The summed E-state index contributed by atoms with van der Waals surface area (Å²) >= 11 is 1.33. The molecule has 1 N–H and O–H groups in total. The molecular weight excluding hydrogens is 248 g/mol. The Morgan fingerprint density at radius 2 is 2.11 bits per heavy atom. The molecule has 0 fully saturated rings. The largest absolute Gasteiger partial charge is 0.275 e. The summed E-state index contributed by atoms with van der Waals surface area (Å²) in [4.78, 5) is 17.9. The Hall–Kier alpha value is -1.51. The zero-order chi connectivity index (χ0) is 13.6. The monoisotopic (exact) mass is 264 g/mol. The molecule has 0 aliphatic carbocycles. The number of thioether (sulfide) groups is 1. The van der Waals surface area contributed by atoms with Gasteiger partial charge in [0.05, 0.1) is 23.0 Å². The fourth-order valence-electron chi connectivity index (χ4n) is 1.14. The van der Waals surface area contributed by atoms with Gasteiger partial charge < -0.3 is 0 Å². The molecule has 96 valence electrons. The first-order valence-electron chi connectivity index (χ1n) is 5.51. The predicted molar refractivity (Wildman–Crippen MR) is 71.1 cm³/mol. The molecule has 0 aliphatic heterocycles. The minimum absolute atomic E-state index is 0.300. The summed E-state index contributed by atoms with van der Waals surface area (Å²) < 4.78 is 0. The molecule has 1 rings (SSSR count). The lowest BCUT2D eigenvalue weighted by Crippen LogP contribution is -2.33. The number of carbonyl (C=O) groups excluding carboxylic acids is 1. The number of nitrogens with one attached hydrogen (secondary N) is 1. The van der Waals surface area contributed by atoms with Gasteiger partial charge in [-0.05, 0) is 32.9 Å². The summed E-state index contributed by atoms with van der Waals surface area (Å²) in [6.45, 7) is 5.55. The number of hydrogen-bond acceptors (Lipinski definition) is 4. The third-order valence-corrected chi connectivity index (χ3v) is 2.81. The van der Waals surface area contributed by atoms with Gasteiger partial charge >= 0.3 is 0 Å². The van der Waals surface area contributed by atoms with Crippen LogP contribution in [0.4, 0.5) is 0 Å². The third-order valence-electron chi connectivity index (χ3n) is 1.87. The van der Waals surface area contributed by atoms with Gasteiger partial charge in [-0.3, -0.25) is 9.63 Å². The zero-order valence-corrected chi connectivity index (χ0v) is 11.5. The number of rotatable bonds is 4. The van der Waals surface area contributed by atoms with E-state index in [0.29, 0.717) is 11.3 Å². The van der Waals surface area contributed by atoms with Gasteiger partial charge in [-0.25, -0.2) is 5.48 Å². The molecule has 1 aromatic carbocycles. The van der Waals surface area contributed by atoms with E-state index in [4.69, 9.17) is 10.1 Å². The van der Waals surface area contributed by atoms with E-state index in [9.17, 15) is 4.79 Å². The van der Waals surface area contributed by atoms with Crippen molar-refractivity contribution < 1.29 is 9.63 Å². The van der Waals surface area contributed by atoms with Gasteiger partial charge in [0.2, 0.25) is 0 Å². The molecule has 0 atom stereocenters. The van der Waals surface area contributed by atoms with E-state index in [-0.39, 0.29) is 5.91 Å². The van der Waals surface area contributed by atoms with Gasteiger partial charge in [-0.15, -0.1) is 11.8 Å².